The zero-order valence-corrected chi connectivity index (χ0v) is 15.3. The van der Waals surface area contributed by atoms with Gasteiger partial charge in [-0.25, -0.2) is 0 Å². The zero-order chi connectivity index (χ0) is 18.1. The minimum Gasteiger partial charge on any atom is -0.370 e. The van der Waals surface area contributed by atoms with Crippen LogP contribution >= 0.6 is 11.8 Å². The second-order valence-electron chi connectivity index (χ2n) is 6.48. The first kappa shape index (κ1) is 17.1. The molecule has 2 aromatic carbocycles. The van der Waals surface area contributed by atoms with Gasteiger partial charge in [0.15, 0.2) is 0 Å². The molecule has 5 nitrogen and oxygen atoms in total. The molecule has 0 unspecified atom stereocenters. The Balaban J connectivity index is 1.52. The van der Waals surface area contributed by atoms with Crippen LogP contribution in [0.3, 0.4) is 0 Å². The molecule has 6 heteroatoms. The Bertz CT molecular complexity index is 840. The first-order valence-corrected chi connectivity index (χ1v) is 9.57. The highest BCUT2D eigenvalue weighted by Gasteiger charge is 2.28. The van der Waals surface area contributed by atoms with Gasteiger partial charge in [0.25, 0.3) is 5.91 Å². The molecule has 0 bridgehead atoms. The number of amides is 2. The van der Waals surface area contributed by atoms with Gasteiger partial charge in [-0.1, -0.05) is 30.3 Å². The molecule has 26 heavy (non-hydrogen) atoms. The number of carbonyl (C=O) groups is 2. The summed E-state index contributed by atoms with van der Waals surface area (Å²) in [5, 5.41) is 2.77. The van der Waals surface area contributed by atoms with Crippen molar-refractivity contribution >= 4 is 29.3 Å². The molecule has 1 fully saturated rings. The number of anilines is 1. The van der Waals surface area contributed by atoms with E-state index in [2.05, 4.69) is 5.32 Å². The smallest absolute Gasteiger partial charge is 0.254 e. The van der Waals surface area contributed by atoms with E-state index in [0.29, 0.717) is 25.3 Å². The van der Waals surface area contributed by atoms with Crippen LogP contribution in [0.4, 0.5) is 5.69 Å². The molecule has 0 aliphatic carbocycles. The SMILES string of the molecule is C[C@H]1Sc2ccc(C(=O)N3CCO[C@@H](c4ccccc4)C3)cc2NC1=O. The normalized spacial score (nSPS) is 22.5. The molecule has 0 radical (unpaired) electrons. The second kappa shape index (κ2) is 7.13. The number of hydrogen-bond donors (Lipinski definition) is 1. The maximum Gasteiger partial charge on any atom is 0.254 e. The van der Waals surface area contributed by atoms with Crippen LogP contribution in [0.25, 0.3) is 0 Å². The van der Waals surface area contributed by atoms with Crippen LogP contribution in [0.15, 0.2) is 53.4 Å². The summed E-state index contributed by atoms with van der Waals surface area (Å²) in [4.78, 5) is 27.7. The molecule has 134 valence electrons. The van der Waals surface area contributed by atoms with Gasteiger partial charge in [-0.3, -0.25) is 9.59 Å². The van der Waals surface area contributed by atoms with Crippen LogP contribution in [0.5, 0.6) is 0 Å². The highest BCUT2D eigenvalue weighted by molar-refractivity contribution is 8.00. The molecule has 0 spiro atoms. The summed E-state index contributed by atoms with van der Waals surface area (Å²) in [6.45, 7) is 3.48. The van der Waals surface area contributed by atoms with Crippen LogP contribution < -0.4 is 5.32 Å². The first-order chi connectivity index (χ1) is 12.6. The molecule has 2 heterocycles. The van der Waals surface area contributed by atoms with Gasteiger partial charge >= 0.3 is 0 Å². The summed E-state index contributed by atoms with van der Waals surface area (Å²) in [5.41, 5.74) is 2.39. The molecule has 1 N–H and O–H groups in total. The van der Waals surface area contributed by atoms with Crippen molar-refractivity contribution in [3.8, 4) is 0 Å². The number of nitrogens with one attached hydrogen (secondary N) is 1. The molecule has 0 saturated carbocycles. The van der Waals surface area contributed by atoms with E-state index in [4.69, 9.17) is 4.74 Å². The maximum absolute atomic E-state index is 13.0. The molecule has 4 rings (SSSR count). The second-order valence-corrected chi connectivity index (χ2v) is 7.86. The Hall–Kier alpha value is -2.31. The monoisotopic (exact) mass is 368 g/mol. The van der Waals surface area contributed by atoms with Crippen molar-refractivity contribution in [1.29, 1.82) is 0 Å². The number of fused-ring (bicyclic) bond motifs is 1. The van der Waals surface area contributed by atoms with E-state index < -0.39 is 0 Å². The van der Waals surface area contributed by atoms with E-state index in [1.807, 2.05) is 54.3 Å². The van der Waals surface area contributed by atoms with E-state index >= 15 is 0 Å². The molecule has 0 aromatic heterocycles. The third kappa shape index (κ3) is 3.34. The lowest BCUT2D eigenvalue weighted by Crippen LogP contribution is -2.42. The fraction of sp³-hybridized carbons (Fsp3) is 0.300. The average molecular weight is 368 g/mol. The number of hydrogen-bond acceptors (Lipinski definition) is 4. The largest absolute Gasteiger partial charge is 0.370 e. The summed E-state index contributed by atoms with van der Waals surface area (Å²) < 4.78 is 5.84. The van der Waals surface area contributed by atoms with Crippen molar-refractivity contribution in [2.24, 2.45) is 0 Å². The van der Waals surface area contributed by atoms with Gasteiger partial charge in [-0.15, -0.1) is 11.8 Å². The minimum atomic E-state index is -0.116. The Labute approximate surface area is 156 Å². The summed E-state index contributed by atoms with van der Waals surface area (Å²) >= 11 is 1.52. The van der Waals surface area contributed by atoms with Gasteiger partial charge in [0.05, 0.1) is 24.1 Å². The zero-order valence-electron chi connectivity index (χ0n) is 14.5. The molecule has 2 atom stereocenters. The molecular weight excluding hydrogens is 348 g/mol. The van der Waals surface area contributed by atoms with E-state index in [-0.39, 0.29) is 23.2 Å². The molecule has 2 aliphatic heterocycles. The predicted octanol–water partition coefficient (Wildman–Crippen LogP) is 3.33. The maximum atomic E-state index is 13.0. The number of morpholine rings is 1. The van der Waals surface area contributed by atoms with Crippen LogP contribution in [-0.4, -0.2) is 41.7 Å². The van der Waals surface area contributed by atoms with Crippen molar-refractivity contribution in [2.45, 2.75) is 23.2 Å². The van der Waals surface area contributed by atoms with Gasteiger partial charge < -0.3 is 15.0 Å². The molecule has 1 saturated heterocycles. The van der Waals surface area contributed by atoms with E-state index in [9.17, 15) is 9.59 Å². The number of carbonyl (C=O) groups excluding carboxylic acids is 2. The summed E-state index contributed by atoms with van der Waals surface area (Å²) in [6, 6.07) is 15.5. The van der Waals surface area contributed by atoms with Gasteiger partial charge in [-0.05, 0) is 30.7 Å². The topological polar surface area (TPSA) is 58.6 Å². The lowest BCUT2D eigenvalue weighted by Gasteiger charge is -2.33. The molecular formula is C20H20N2O3S. The van der Waals surface area contributed by atoms with E-state index in [0.717, 1.165) is 16.1 Å². The van der Waals surface area contributed by atoms with Gasteiger partial charge in [0.2, 0.25) is 5.91 Å². The van der Waals surface area contributed by atoms with Crippen LogP contribution in [-0.2, 0) is 9.53 Å². The molecule has 2 amide bonds. The number of nitrogens with zero attached hydrogens (tertiary/aromatic N) is 1. The highest BCUT2D eigenvalue weighted by atomic mass is 32.2. The Kier molecular flexibility index (Phi) is 4.70. The van der Waals surface area contributed by atoms with Crippen molar-refractivity contribution < 1.29 is 14.3 Å². The van der Waals surface area contributed by atoms with Gasteiger partial charge in [0.1, 0.15) is 6.10 Å². The van der Waals surface area contributed by atoms with E-state index in [1.54, 1.807) is 6.07 Å². The third-order valence-corrected chi connectivity index (χ3v) is 5.86. The average Bonchev–Trinajstić information content (AvgIpc) is 2.69. The van der Waals surface area contributed by atoms with Gasteiger partial charge in [0, 0.05) is 17.0 Å². The standard InChI is InChI=1S/C20H20N2O3S/c1-13-19(23)21-16-11-15(7-8-18(16)26-13)20(24)22-9-10-25-17(12-22)14-5-3-2-4-6-14/h2-8,11,13,17H,9-10,12H2,1H3,(H,21,23)/t13-,17-/m1/s1. The predicted molar refractivity (Wildman–Crippen MR) is 101 cm³/mol. The Morgan fingerprint density at radius 2 is 2.04 bits per heavy atom. The molecule has 2 aliphatic rings. The van der Waals surface area contributed by atoms with Gasteiger partial charge in [-0.2, -0.15) is 0 Å². The Morgan fingerprint density at radius 1 is 1.23 bits per heavy atom. The first-order valence-electron chi connectivity index (χ1n) is 8.69. The lowest BCUT2D eigenvalue weighted by molar-refractivity contribution is -0.115. The van der Waals surface area contributed by atoms with Crippen LogP contribution in [0.1, 0.15) is 28.9 Å². The summed E-state index contributed by atoms with van der Waals surface area (Å²) in [5.74, 6) is -0.0579. The van der Waals surface area contributed by atoms with Crippen LogP contribution in [0.2, 0.25) is 0 Å². The number of benzene rings is 2. The fourth-order valence-corrected chi connectivity index (χ4v) is 4.16. The van der Waals surface area contributed by atoms with Crippen molar-refractivity contribution in [3.05, 3.63) is 59.7 Å². The van der Waals surface area contributed by atoms with Crippen molar-refractivity contribution in [3.63, 3.8) is 0 Å². The summed E-state index contributed by atoms with van der Waals surface area (Å²) in [7, 11) is 0. The highest BCUT2D eigenvalue weighted by Crippen LogP contribution is 2.36. The summed E-state index contributed by atoms with van der Waals surface area (Å²) in [6.07, 6.45) is -0.109. The third-order valence-electron chi connectivity index (χ3n) is 4.68. The lowest BCUT2D eigenvalue weighted by atomic mass is 10.1. The van der Waals surface area contributed by atoms with Crippen molar-refractivity contribution in [2.75, 3.05) is 25.0 Å². The van der Waals surface area contributed by atoms with Crippen LogP contribution in [0, 0.1) is 0 Å². The van der Waals surface area contributed by atoms with E-state index in [1.165, 1.54) is 11.8 Å². The Morgan fingerprint density at radius 3 is 2.85 bits per heavy atom. The fourth-order valence-electron chi connectivity index (χ4n) is 3.23. The number of thioether (sulfide) groups is 1. The van der Waals surface area contributed by atoms with Crippen molar-refractivity contribution in [1.82, 2.24) is 4.90 Å². The quantitative estimate of drug-likeness (QED) is 0.883. The molecule has 2 aromatic rings. The minimum absolute atomic E-state index is 0.0254. The number of ether oxygens (including phenoxy) is 1. The number of rotatable bonds is 2.